The molecular weight excluding hydrogens is 320 g/mol. The Hall–Kier alpha value is -2.70. The smallest absolute Gasteiger partial charge is 0.410 e. The maximum Gasteiger partial charge on any atom is 0.410 e. The van der Waals surface area contributed by atoms with Crippen molar-refractivity contribution in [2.45, 2.75) is 46.3 Å². The third-order valence-corrected chi connectivity index (χ3v) is 3.85. The number of rotatable bonds is 1. The number of aromatic nitrogens is 3. The van der Waals surface area contributed by atoms with Crippen LogP contribution >= 0.6 is 0 Å². The molecule has 0 bridgehead atoms. The number of carbonyl (C=O) groups excluding carboxylic acids is 1. The van der Waals surface area contributed by atoms with Crippen LogP contribution in [0, 0.1) is 6.92 Å². The van der Waals surface area contributed by atoms with Crippen molar-refractivity contribution in [1.82, 2.24) is 19.9 Å². The molecule has 2 aromatic rings. The number of pyridine rings is 1. The topological polar surface area (TPSA) is 88.2 Å². The molecular formula is C18H22N4O3. The number of H-pyrrole nitrogens is 1. The summed E-state index contributed by atoms with van der Waals surface area (Å²) in [5, 5.41) is 0. The monoisotopic (exact) mass is 342 g/mol. The SMILES string of the molecule is Cc1cccc(-c2nc3c(c(=O)[nH]2)CN(C(=O)OC(C)(C)C)CC3)n1. The first-order chi connectivity index (χ1) is 11.7. The Bertz CT molecular complexity index is 867. The lowest BCUT2D eigenvalue weighted by Crippen LogP contribution is -2.42. The molecule has 0 saturated heterocycles. The van der Waals surface area contributed by atoms with E-state index in [0.717, 1.165) is 5.69 Å². The average molecular weight is 342 g/mol. The van der Waals surface area contributed by atoms with Gasteiger partial charge < -0.3 is 14.6 Å². The van der Waals surface area contributed by atoms with Gasteiger partial charge in [-0.15, -0.1) is 0 Å². The number of carbonyl (C=O) groups is 1. The summed E-state index contributed by atoms with van der Waals surface area (Å²) >= 11 is 0. The van der Waals surface area contributed by atoms with Crippen LogP contribution < -0.4 is 5.56 Å². The van der Waals surface area contributed by atoms with Gasteiger partial charge in [-0.1, -0.05) is 6.07 Å². The van der Waals surface area contributed by atoms with Crippen molar-refractivity contribution in [3.8, 4) is 11.5 Å². The van der Waals surface area contributed by atoms with Crippen molar-refractivity contribution in [3.05, 3.63) is 45.5 Å². The first-order valence-corrected chi connectivity index (χ1v) is 8.27. The minimum Gasteiger partial charge on any atom is -0.444 e. The molecule has 0 spiro atoms. The minimum atomic E-state index is -0.567. The van der Waals surface area contributed by atoms with Crippen LogP contribution in [0.2, 0.25) is 0 Å². The van der Waals surface area contributed by atoms with Gasteiger partial charge in [0, 0.05) is 18.7 Å². The molecule has 1 aliphatic heterocycles. The fourth-order valence-electron chi connectivity index (χ4n) is 2.70. The Kier molecular flexibility index (Phi) is 4.32. The average Bonchev–Trinajstić information content (AvgIpc) is 2.53. The summed E-state index contributed by atoms with van der Waals surface area (Å²) in [5.74, 6) is 0.457. The van der Waals surface area contributed by atoms with Gasteiger partial charge in [0.15, 0.2) is 5.82 Å². The zero-order valence-corrected chi connectivity index (χ0v) is 14.9. The molecule has 0 saturated carbocycles. The Balaban J connectivity index is 1.87. The normalized spacial score (nSPS) is 14.2. The molecule has 1 N–H and O–H groups in total. The second-order valence-electron chi connectivity index (χ2n) is 7.16. The van der Waals surface area contributed by atoms with Gasteiger partial charge in [0.05, 0.1) is 17.8 Å². The summed E-state index contributed by atoms with van der Waals surface area (Å²) in [7, 11) is 0. The second-order valence-corrected chi connectivity index (χ2v) is 7.16. The van der Waals surface area contributed by atoms with E-state index >= 15 is 0 Å². The third-order valence-electron chi connectivity index (χ3n) is 3.85. The minimum absolute atomic E-state index is 0.202. The quantitative estimate of drug-likeness (QED) is 0.860. The summed E-state index contributed by atoms with van der Waals surface area (Å²) in [6, 6.07) is 5.58. The van der Waals surface area contributed by atoms with Crippen LogP contribution in [0.4, 0.5) is 4.79 Å². The Morgan fingerprint density at radius 3 is 2.72 bits per heavy atom. The van der Waals surface area contributed by atoms with E-state index in [-0.39, 0.29) is 12.1 Å². The number of amides is 1. The number of ether oxygens (including phenoxy) is 1. The molecule has 0 radical (unpaired) electrons. The molecule has 0 aliphatic carbocycles. The lowest BCUT2D eigenvalue weighted by Gasteiger charge is -2.30. The Morgan fingerprint density at radius 1 is 1.28 bits per heavy atom. The molecule has 25 heavy (non-hydrogen) atoms. The van der Waals surface area contributed by atoms with Crippen molar-refractivity contribution < 1.29 is 9.53 Å². The van der Waals surface area contributed by atoms with Gasteiger partial charge >= 0.3 is 6.09 Å². The molecule has 2 aromatic heterocycles. The summed E-state index contributed by atoms with van der Waals surface area (Å²) in [6.45, 7) is 8.01. The van der Waals surface area contributed by atoms with Gasteiger partial charge in [0.2, 0.25) is 0 Å². The van der Waals surface area contributed by atoms with E-state index in [2.05, 4.69) is 15.0 Å². The standard InChI is InChI=1S/C18H22N4O3/c1-11-6-5-7-14(19-11)15-20-13-8-9-22(10-12(13)16(23)21-15)17(24)25-18(2,3)4/h5-7H,8-10H2,1-4H3,(H,20,21,23). The van der Waals surface area contributed by atoms with Gasteiger partial charge in [-0.2, -0.15) is 0 Å². The van der Waals surface area contributed by atoms with Crippen molar-refractivity contribution >= 4 is 6.09 Å². The van der Waals surface area contributed by atoms with Crippen molar-refractivity contribution in [3.63, 3.8) is 0 Å². The number of hydrogen-bond donors (Lipinski definition) is 1. The third kappa shape index (κ3) is 3.87. The van der Waals surface area contributed by atoms with Crippen LogP contribution in [0.25, 0.3) is 11.5 Å². The summed E-state index contributed by atoms with van der Waals surface area (Å²) < 4.78 is 5.38. The number of fused-ring (bicyclic) bond motifs is 1. The predicted molar refractivity (Wildman–Crippen MR) is 93.2 cm³/mol. The summed E-state index contributed by atoms with van der Waals surface area (Å²) in [4.78, 5) is 38.0. The molecule has 0 aromatic carbocycles. The highest BCUT2D eigenvalue weighted by Crippen LogP contribution is 2.19. The molecule has 0 fully saturated rings. The molecule has 7 nitrogen and oxygen atoms in total. The number of nitrogens with one attached hydrogen (secondary N) is 1. The van der Waals surface area contributed by atoms with E-state index in [4.69, 9.17) is 4.74 Å². The highest BCUT2D eigenvalue weighted by molar-refractivity contribution is 5.68. The predicted octanol–water partition coefficient (Wildman–Crippen LogP) is 2.43. The van der Waals surface area contributed by atoms with Gasteiger partial charge in [0.1, 0.15) is 11.3 Å². The zero-order valence-electron chi connectivity index (χ0n) is 14.9. The fourth-order valence-corrected chi connectivity index (χ4v) is 2.70. The molecule has 3 heterocycles. The van der Waals surface area contributed by atoms with Crippen molar-refractivity contribution in [2.75, 3.05) is 6.54 Å². The van der Waals surface area contributed by atoms with E-state index in [1.165, 1.54) is 4.90 Å². The van der Waals surface area contributed by atoms with Crippen molar-refractivity contribution in [2.24, 2.45) is 0 Å². The van der Waals surface area contributed by atoms with E-state index in [9.17, 15) is 9.59 Å². The highest BCUT2D eigenvalue weighted by atomic mass is 16.6. The van der Waals surface area contributed by atoms with E-state index in [1.54, 1.807) is 0 Å². The molecule has 0 unspecified atom stereocenters. The number of nitrogens with zero attached hydrogens (tertiary/aromatic N) is 3. The molecule has 1 amide bonds. The molecule has 0 atom stereocenters. The van der Waals surface area contributed by atoms with E-state index in [1.807, 2.05) is 45.9 Å². The maximum atomic E-state index is 12.5. The zero-order chi connectivity index (χ0) is 18.2. The van der Waals surface area contributed by atoms with Gasteiger partial charge in [-0.25, -0.2) is 14.8 Å². The first kappa shape index (κ1) is 17.1. The highest BCUT2D eigenvalue weighted by Gasteiger charge is 2.28. The Morgan fingerprint density at radius 2 is 2.04 bits per heavy atom. The lowest BCUT2D eigenvalue weighted by molar-refractivity contribution is 0.0222. The largest absolute Gasteiger partial charge is 0.444 e. The van der Waals surface area contributed by atoms with Crippen LogP contribution in [0.1, 0.15) is 37.7 Å². The molecule has 3 rings (SSSR count). The van der Waals surface area contributed by atoms with Crippen LogP contribution in [0.15, 0.2) is 23.0 Å². The second kappa shape index (κ2) is 6.31. The number of aryl methyl sites for hydroxylation is 1. The Labute approximate surface area is 146 Å². The molecule has 1 aliphatic rings. The lowest BCUT2D eigenvalue weighted by atomic mass is 10.1. The van der Waals surface area contributed by atoms with Gasteiger partial charge in [-0.3, -0.25) is 4.79 Å². The van der Waals surface area contributed by atoms with Gasteiger partial charge in [-0.05, 0) is 39.8 Å². The van der Waals surface area contributed by atoms with Crippen LogP contribution in [-0.4, -0.2) is 38.1 Å². The van der Waals surface area contributed by atoms with E-state index in [0.29, 0.717) is 35.7 Å². The maximum absolute atomic E-state index is 12.5. The fraction of sp³-hybridized carbons (Fsp3) is 0.444. The van der Waals surface area contributed by atoms with Gasteiger partial charge in [0.25, 0.3) is 5.56 Å². The summed E-state index contributed by atoms with van der Waals surface area (Å²) in [5.41, 5.74) is 1.90. The van der Waals surface area contributed by atoms with Crippen LogP contribution in [0.3, 0.4) is 0 Å². The van der Waals surface area contributed by atoms with E-state index < -0.39 is 11.7 Å². The van der Waals surface area contributed by atoms with Crippen molar-refractivity contribution in [1.29, 1.82) is 0 Å². The molecule has 7 heteroatoms. The van der Waals surface area contributed by atoms with Crippen LogP contribution in [-0.2, 0) is 17.7 Å². The molecule has 132 valence electrons. The number of hydrogen-bond acceptors (Lipinski definition) is 5. The first-order valence-electron chi connectivity index (χ1n) is 8.27. The number of aromatic amines is 1. The van der Waals surface area contributed by atoms with Crippen LogP contribution in [0.5, 0.6) is 0 Å². The summed E-state index contributed by atoms with van der Waals surface area (Å²) in [6.07, 6.45) is 0.0964.